The van der Waals surface area contributed by atoms with Crippen LogP contribution in [-0.2, 0) is 12.1 Å². The van der Waals surface area contributed by atoms with Gasteiger partial charge in [0.25, 0.3) is 0 Å². The average Bonchev–Trinajstić information content (AvgIpc) is 3.09. The number of alkyl halides is 1. The monoisotopic (exact) mass is 217 g/mol. The molecule has 0 aliphatic heterocycles. The van der Waals surface area contributed by atoms with E-state index in [9.17, 15) is 4.39 Å². The van der Waals surface area contributed by atoms with Crippen LogP contribution < -0.4 is 0 Å². The van der Waals surface area contributed by atoms with E-state index in [1.165, 1.54) is 0 Å². The third-order valence-corrected chi connectivity index (χ3v) is 3.35. The van der Waals surface area contributed by atoms with Gasteiger partial charge in [0.05, 0.1) is 11.5 Å². The van der Waals surface area contributed by atoms with Gasteiger partial charge < -0.3 is 0 Å². The van der Waals surface area contributed by atoms with Crippen LogP contribution in [0.5, 0.6) is 0 Å². The summed E-state index contributed by atoms with van der Waals surface area (Å²) in [7, 11) is 0. The highest BCUT2D eigenvalue weighted by molar-refractivity contribution is 5.43. The first-order valence-corrected chi connectivity index (χ1v) is 5.73. The number of benzene rings is 1. The topological polar surface area (TPSA) is 23.8 Å². The van der Waals surface area contributed by atoms with Crippen molar-refractivity contribution in [1.82, 2.24) is 0 Å². The zero-order chi connectivity index (χ0) is 11.8. The van der Waals surface area contributed by atoms with E-state index in [2.05, 4.69) is 26.0 Å². The highest BCUT2D eigenvalue weighted by atomic mass is 19.1. The first-order chi connectivity index (χ1) is 7.61. The van der Waals surface area contributed by atoms with Crippen LogP contribution in [0.4, 0.5) is 4.39 Å². The zero-order valence-electron chi connectivity index (χ0n) is 9.76. The minimum absolute atomic E-state index is 0.311. The van der Waals surface area contributed by atoms with Gasteiger partial charge in [-0.25, -0.2) is 4.39 Å². The van der Waals surface area contributed by atoms with E-state index in [1.807, 2.05) is 12.1 Å². The number of hydrogen-bond acceptors (Lipinski definition) is 1. The summed E-state index contributed by atoms with van der Waals surface area (Å²) in [6.07, 6.45) is 1.83. The summed E-state index contributed by atoms with van der Waals surface area (Å²) in [4.78, 5) is 0. The number of rotatable bonds is 3. The van der Waals surface area contributed by atoms with E-state index in [0.29, 0.717) is 11.5 Å². The molecule has 1 aromatic carbocycles. The Kier molecular flexibility index (Phi) is 2.71. The quantitative estimate of drug-likeness (QED) is 0.754. The number of hydrogen-bond donors (Lipinski definition) is 0. The summed E-state index contributed by atoms with van der Waals surface area (Å²) in [5.74, 6) is 0.375. The number of nitriles is 1. The lowest BCUT2D eigenvalue weighted by molar-refractivity contribution is 0.484. The summed E-state index contributed by atoms with van der Waals surface area (Å²) in [5, 5.41) is 9.16. The first kappa shape index (κ1) is 11.1. The fourth-order valence-corrected chi connectivity index (χ4v) is 2.00. The van der Waals surface area contributed by atoms with Crippen molar-refractivity contribution in [3.05, 3.63) is 34.9 Å². The van der Waals surface area contributed by atoms with E-state index in [0.717, 1.165) is 24.0 Å². The highest BCUT2D eigenvalue weighted by Crippen LogP contribution is 2.48. The molecule has 0 unspecified atom stereocenters. The first-order valence-electron chi connectivity index (χ1n) is 5.73. The van der Waals surface area contributed by atoms with Gasteiger partial charge in [-0.1, -0.05) is 32.0 Å². The van der Waals surface area contributed by atoms with E-state index in [4.69, 9.17) is 5.26 Å². The number of halogens is 1. The predicted molar refractivity (Wildman–Crippen MR) is 61.9 cm³/mol. The Labute approximate surface area is 95.9 Å². The van der Waals surface area contributed by atoms with E-state index < -0.39 is 6.67 Å². The Bertz CT molecular complexity index is 439. The molecule has 2 rings (SSSR count). The average molecular weight is 217 g/mol. The third kappa shape index (κ3) is 1.82. The lowest BCUT2D eigenvalue weighted by Gasteiger charge is -2.13. The molecule has 1 nitrogen and oxygen atoms in total. The van der Waals surface area contributed by atoms with Gasteiger partial charge in [-0.3, -0.25) is 0 Å². The molecule has 0 heterocycles. The van der Waals surface area contributed by atoms with Crippen LogP contribution in [0.15, 0.2) is 18.2 Å². The van der Waals surface area contributed by atoms with Crippen LogP contribution in [0.1, 0.15) is 49.3 Å². The predicted octanol–water partition coefficient (Wildman–Crippen LogP) is 3.83. The second-order valence-corrected chi connectivity index (χ2v) is 4.95. The van der Waals surface area contributed by atoms with Crippen molar-refractivity contribution in [1.29, 1.82) is 5.26 Å². The standard InChI is InChI=1S/C14H16FN/c1-10(2)12-5-11(8-15)6-13(7-12)14(9-16)3-4-14/h5-7,10H,3-4,8H2,1-2H3. The van der Waals surface area contributed by atoms with Crippen molar-refractivity contribution in [2.45, 2.75) is 44.7 Å². The Balaban J connectivity index is 2.46. The fourth-order valence-electron chi connectivity index (χ4n) is 2.00. The highest BCUT2D eigenvalue weighted by Gasteiger charge is 2.45. The lowest BCUT2D eigenvalue weighted by Crippen LogP contribution is -2.05. The van der Waals surface area contributed by atoms with Gasteiger partial charge in [0.1, 0.15) is 6.67 Å². The molecule has 1 aliphatic carbocycles. The Morgan fingerprint density at radius 2 is 2.06 bits per heavy atom. The van der Waals surface area contributed by atoms with Crippen molar-refractivity contribution in [2.24, 2.45) is 0 Å². The van der Waals surface area contributed by atoms with Gasteiger partial charge >= 0.3 is 0 Å². The van der Waals surface area contributed by atoms with Gasteiger partial charge in [0.15, 0.2) is 0 Å². The summed E-state index contributed by atoms with van der Waals surface area (Å²) >= 11 is 0. The molecule has 0 aromatic heterocycles. The zero-order valence-corrected chi connectivity index (χ0v) is 9.76. The lowest BCUT2D eigenvalue weighted by atomic mass is 9.90. The van der Waals surface area contributed by atoms with Crippen molar-refractivity contribution in [2.75, 3.05) is 0 Å². The van der Waals surface area contributed by atoms with Crippen molar-refractivity contribution < 1.29 is 4.39 Å². The minimum atomic E-state index is -0.449. The van der Waals surface area contributed by atoms with Crippen molar-refractivity contribution in [3.8, 4) is 6.07 Å². The van der Waals surface area contributed by atoms with E-state index >= 15 is 0 Å². The normalized spacial score (nSPS) is 17.2. The van der Waals surface area contributed by atoms with Crippen molar-refractivity contribution >= 4 is 0 Å². The summed E-state index contributed by atoms with van der Waals surface area (Å²) in [6.45, 7) is 3.73. The second kappa shape index (κ2) is 3.90. The number of nitrogens with zero attached hydrogens (tertiary/aromatic N) is 1. The third-order valence-electron chi connectivity index (χ3n) is 3.35. The SMILES string of the molecule is CC(C)c1cc(CF)cc(C2(C#N)CC2)c1. The van der Waals surface area contributed by atoms with Crippen LogP contribution in [0, 0.1) is 11.3 Å². The van der Waals surface area contributed by atoms with Gasteiger partial charge in [-0.2, -0.15) is 5.26 Å². The van der Waals surface area contributed by atoms with Gasteiger partial charge in [0.2, 0.25) is 0 Å². The summed E-state index contributed by atoms with van der Waals surface area (Å²) in [6, 6.07) is 8.19. The van der Waals surface area contributed by atoms with Gasteiger partial charge in [0, 0.05) is 0 Å². The Morgan fingerprint density at radius 3 is 2.50 bits per heavy atom. The second-order valence-electron chi connectivity index (χ2n) is 4.95. The van der Waals surface area contributed by atoms with Gasteiger partial charge in [-0.05, 0) is 35.4 Å². The molecule has 0 atom stereocenters. The smallest absolute Gasteiger partial charge is 0.115 e. The van der Waals surface area contributed by atoms with E-state index in [-0.39, 0.29) is 5.41 Å². The Morgan fingerprint density at radius 1 is 1.38 bits per heavy atom. The Hall–Kier alpha value is -1.36. The molecular weight excluding hydrogens is 201 g/mol. The summed E-state index contributed by atoms with van der Waals surface area (Å²) < 4.78 is 12.8. The van der Waals surface area contributed by atoms with Crippen LogP contribution in [0.25, 0.3) is 0 Å². The minimum Gasteiger partial charge on any atom is -0.246 e. The largest absolute Gasteiger partial charge is 0.246 e. The summed E-state index contributed by atoms with van der Waals surface area (Å²) in [5.41, 5.74) is 2.53. The maximum absolute atomic E-state index is 12.8. The molecular formula is C14H16FN. The van der Waals surface area contributed by atoms with E-state index in [1.54, 1.807) is 0 Å². The van der Waals surface area contributed by atoms with Crippen LogP contribution in [-0.4, -0.2) is 0 Å². The molecule has 0 radical (unpaired) electrons. The molecule has 2 heteroatoms. The maximum atomic E-state index is 12.8. The molecule has 16 heavy (non-hydrogen) atoms. The molecule has 1 fully saturated rings. The maximum Gasteiger partial charge on any atom is 0.115 e. The molecule has 1 saturated carbocycles. The molecule has 0 spiro atoms. The molecule has 84 valence electrons. The van der Waals surface area contributed by atoms with Crippen LogP contribution in [0.3, 0.4) is 0 Å². The molecule has 1 aromatic rings. The van der Waals surface area contributed by atoms with Gasteiger partial charge in [-0.15, -0.1) is 0 Å². The fraction of sp³-hybridized carbons (Fsp3) is 0.500. The van der Waals surface area contributed by atoms with Crippen molar-refractivity contribution in [3.63, 3.8) is 0 Å². The molecule has 0 amide bonds. The molecule has 0 saturated heterocycles. The molecule has 0 bridgehead atoms. The molecule has 1 aliphatic rings. The molecule has 0 N–H and O–H groups in total. The van der Waals surface area contributed by atoms with Crippen LogP contribution >= 0.6 is 0 Å². The van der Waals surface area contributed by atoms with Crippen LogP contribution in [0.2, 0.25) is 0 Å².